The number of carbonyl (C=O) groups is 1. The van der Waals surface area contributed by atoms with Crippen molar-refractivity contribution in [3.63, 3.8) is 0 Å². The molecule has 0 radical (unpaired) electrons. The Morgan fingerprint density at radius 2 is 2.30 bits per heavy atom. The van der Waals surface area contributed by atoms with Crippen molar-refractivity contribution in [2.75, 3.05) is 27.2 Å². The van der Waals surface area contributed by atoms with Crippen LogP contribution in [-0.2, 0) is 4.74 Å². The highest BCUT2D eigenvalue weighted by Gasteiger charge is 2.25. The van der Waals surface area contributed by atoms with E-state index in [1.807, 2.05) is 7.05 Å². The van der Waals surface area contributed by atoms with Crippen LogP contribution in [0.25, 0.3) is 0 Å². The summed E-state index contributed by atoms with van der Waals surface area (Å²) in [6.45, 7) is 1.68. The summed E-state index contributed by atoms with van der Waals surface area (Å²) in [6, 6.07) is 1.32. The molecule has 0 aromatic carbocycles. The lowest BCUT2D eigenvalue weighted by Crippen LogP contribution is -2.32. The second kappa shape index (κ2) is 6.21. The minimum Gasteiger partial charge on any atom is -0.472 e. The van der Waals surface area contributed by atoms with Crippen molar-refractivity contribution < 1.29 is 24.3 Å². The van der Waals surface area contributed by atoms with Crippen LogP contribution in [0.5, 0.6) is 5.88 Å². The summed E-state index contributed by atoms with van der Waals surface area (Å²) in [5.41, 5.74) is 0.203. The first kappa shape index (κ1) is 14.8. The zero-order valence-electron chi connectivity index (χ0n) is 11.4. The van der Waals surface area contributed by atoms with Gasteiger partial charge in [-0.05, 0) is 19.5 Å². The third kappa shape index (κ3) is 3.27. The standard InChI is InChI=1S/C12H17BN2O5/c1-15-4-3-9(7-15)20-11-10(12(16)19-2)5-8(6-14-11)13(17)18/h5-6,9,17-18H,3-4,7H2,1-2H3. The van der Waals surface area contributed by atoms with E-state index in [4.69, 9.17) is 14.8 Å². The van der Waals surface area contributed by atoms with Crippen LogP contribution in [0.15, 0.2) is 12.3 Å². The number of likely N-dealkylation sites (N-methyl/N-ethyl adjacent to an activating group) is 1. The van der Waals surface area contributed by atoms with Gasteiger partial charge in [0.15, 0.2) is 0 Å². The predicted octanol–water partition coefficient (Wildman–Crippen LogP) is -1.37. The summed E-state index contributed by atoms with van der Waals surface area (Å²) < 4.78 is 10.4. The van der Waals surface area contributed by atoms with Gasteiger partial charge in [-0.15, -0.1) is 0 Å². The quantitative estimate of drug-likeness (QED) is 0.519. The van der Waals surface area contributed by atoms with E-state index in [0.717, 1.165) is 19.5 Å². The molecule has 0 amide bonds. The molecule has 20 heavy (non-hydrogen) atoms. The lowest BCUT2D eigenvalue weighted by atomic mass is 9.81. The van der Waals surface area contributed by atoms with Gasteiger partial charge in [-0.25, -0.2) is 9.78 Å². The highest BCUT2D eigenvalue weighted by molar-refractivity contribution is 6.58. The average Bonchev–Trinajstić information content (AvgIpc) is 2.83. The fraction of sp³-hybridized carbons (Fsp3) is 0.500. The fourth-order valence-electron chi connectivity index (χ4n) is 2.11. The van der Waals surface area contributed by atoms with Gasteiger partial charge in [0.05, 0.1) is 7.11 Å². The molecule has 1 aliphatic rings. The van der Waals surface area contributed by atoms with E-state index < -0.39 is 13.1 Å². The van der Waals surface area contributed by atoms with Gasteiger partial charge < -0.3 is 24.4 Å². The number of carbonyl (C=O) groups excluding carboxylic acids is 1. The van der Waals surface area contributed by atoms with Crippen LogP contribution in [0.4, 0.5) is 0 Å². The Hall–Kier alpha value is -1.64. The number of methoxy groups -OCH3 is 1. The van der Waals surface area contributed by atoms with Crippen LogP contribution in [-0.4, -0.2) is 66.4 Å². The lowest BCUT2D eigenvalue weighted by molar-refractivity contribution is 0.0592. The largest absolute Gasteiger partial charge is 0.490 e. The molecule has 0 aliphatic carbocycles. The molecule has 0 bridgehead atoms. The maximum atomic E-state index is 11.7. The van der Waals surface area contributed by atoms with Gasteiger partial charge in [0.2, 0.25) is 5.88 Å². The summed E-state index contributed by atoms with van der Waals surface area (Å²) in [5.74, 6) is -0.470. The molecule has 2 heterocycles. The smallest absolute Gasteiger partial charge is 0.472 e. The maximum Gasteiger partial charge on any atom is 0.490 e. The van der Waals surface area contributed by atoms with Crippen LogP contribution < -0.4 is 10.2 Å². The van der Waals surface area contributed by atoms with Crippen molar-refractivity contribution in [2.24, 2.45) is 0 Å². The summed E-state index contributed by atoms with van der Waals surface area (Å²) in [4.78, 5) is 17.8. The molecule has 1 saturated heterocycles. The molecular formula is C12H17BN2O5. The molecule has 7 nitrogen and oxygen atoms in total. The van der Waals surface area contributed by atoms with Crippen molar-refractivity contribution in [3.05, 3.63) is 17.8 Å². The van der Waals surface area contributed by atoms with Crippen LogP contribution >= 0.6 is 0 Å². The molecule has 0 saturated carbocycles. The molecule has 2 rings (SSSR count). The number of ether oxygens (including phenoxy) is 2. The van der Waals surface area contributed by atoms with Gasteiger partial charge in [-0.2, -0.15) is 0 Å². The highest BCUT2D eigenvalue weighted by Crippen LogP contribution is 2.20. The van der Waals surface area contributed by atoms with Crippen LogP contribution in [0.3, 0.4) is 0 Å². The number of likely N-dealkylation sites (tertiary alicyclic amines) is 1. The lowest BCUT2D eigenvalue weighted by Gasteiger charge is -2.15. The van der Waals surface area contributed by atoms with Gasteiger partial charge in [-0.3, -0.25) is 0 Å². The van der Waals surface area contributed by atoms with Crippen molar-refractivity contribution in [3.8, 4) is 5.88 Å². The Bertz CT molecular complexity index is 497. The third-order valence-corrected chi connectivity index (χ3v) is 3.20. The van der Waals surface area contributed by atoms with Crippen LogP contribution in [0.1, 0.15) is 16.8 Å². The molecule has 1 aliphatic heterocycles. The van der Waals surface area contributed by atoms with Crippen molar-refractivity contribution >= 4 is 18.6 Å². The molecule has 2 N–H and O–H groups in total. The first-order valence-corrected chi connectivity index (χ1v) is 6.31. The normalized spacial score (nSPS) is 18.9. The zero-order valence-corrected chi connectivity index (χ0v) is 11.4. The topological polar surface area (TPSA) is 92.1 Å². The molecule has 108 valence electrons. The van der Waals surface area contributed by atoms with E-state index in [2.05, 4.69) is 14.6 Å². The summed E-state index contributed by atoms with van der Waals surface area (Å²) in [6.07, 6.45) is 2.08. The second-order valence-electron chi connectivity index (χ2n) is 4.78. The van der Waals surface area contributed by atoms with Gasteiger partial charge in [0.1, 0.15) is 11.7 Å². The predicted molar refractivity (Wildman–Crippen MR) is 71.9 cm³/mol. The molecule has 1 fully saturated rings. The van der Waals surface area contributed by atoms with E-state index in [-0.39, 0.29) is 23.0 Å². The number of rotatable bonds is 4. The van der Waals surface area contributed by atoms with E-state index in [1.54, 1.807) is 0 Å². The molecule has 8 heteroatoms. The second-order valence-corrected chi connectivity index (χ2v) is 4.78. The van der Waals surface area contributed by atoms with Crippen molar-refractivity contribution in [1.29, 1.82) is 0 Å². The fourth-order valence-corrected chi connectivity index (χ4v) is 2.11. The Kier molecular flexibility index (Phi) is 4.59. The number of esters is 1. The Balaban J connectivity index is 2.24. The molecule has 1 aromatic rings. The van der Waals surface area contributed by atoms with Gasteiger partial charge in [0, 0.05) is 24.7 Å². The van der Waals surface area contributed by atoms with Crippen molar-refractivity contribution in [2.45, 2.75) is 12.5 Å². The highest BCUT2D eigenvalue weighted by atomic mass is 16.5. The maximum absolute atomic E-state index is 11.7. The summed E-state index contributed by atoms with van der Waals surface area (Å²) in [5, 5.41) is 18.3. The molecule has 1 atom stereocenters. The minimum atomic E-state index is -1.70. The molecule has 1 aromatic heterocycles. The van der Waals surface area contributed by atoms with Gasteiger partial charge >= 0.3 is 13.1 Å². The third-order valence-electron chi connectivity index (χ3n) is 3.20. The van der Waals surface area contributed by atoms with E-state index in [0.29, 0.717) is 0 Å². The molecule has 1 unspecified atom stereocenters. The van der Waals surface area contributed by atoms with E-state index >= 15 is 0 Å². The van der Waals surface area contributed by atoms with Crippen molar-refractivity contribution in [1.82, 2.24) is 9.88 Å². The molecule has 0 spiro atoms. The zero-order chi connectivity index (χ0) is 14.7. The number of hydrogen-bond acceptors (Lipinski definition) is 7. The van der Waals surface area contributed by atoms with Crippen LogP contribution in [0.2, 0.25) is 0 Å². The SMILES string of the molecule is COC(=O)c1cc(B(O)O)cnc1OC1CCN(C)C1. The van der Waals surface area contributed by atoms with Gasteiger partial charge in [-0.1, -0.05) is 0 Å². The number of hydrogen-bond donors (Lipinski definition) is 2. The minimum absolute atomic E-state index is 0.0409. The Morgan fingerprint density at radius 3 is 2.85 bits per heavy atom. The number of pyridine rings is 1. The Labute approximate surface area is 117 Å². The molecular weight excluding hydrogens is 263 g/mol. The Morgan fingerprint density at radius 1 is 1.55 bits per heavy atom. The van der Waals surface area contributed by atoms with Gasteiger partial charge in [0.25, 0.3) is 0 Å². The number of nitrogens with zero attached hydrogens (tertiary/aromatic N) is 2. The first-order chi connectivity index (χ1) is 9.51. The number of aromatic nitrogens is 1. The first-order valence-electron chi connectivity index (χ1n) is 6.31. The summed E-state index contributed by atoms with van der Waals surface area (Å²) in [7, 11) is 1.54. The monoisotopic (exact) mass is 280 g/mol. The summed E-state index contributed by atoms with van der Waals surface area (Å²) >= 11 is 0. The van der Waals surface area contributed by atoms with Crippen LogP contribution in [0, 0.1) is 0 Å². The average molecular weight is 280 g/mol. The van der Waals surface area contributed by atoms with E-state index in [1.165, 1.54) is 19.4 Å². The van der Waals surface area contributed by atoms with E-state index in [9.17, 15) is 4.79 Å².